The van der Waals surface area contributed by atoms with Gasteiger partial charge in [0.2, 0.25) is 0 Å². The van der Waals surface area contributed by atoms with Crippen molar-refractivity contribution in [1.29, 1.82) is 0 Å². The summed E-state index contributed by atoms with van der Waals surface area (Å²) < 4.78 is 4.83. The van der Waals surface area contributed by atoms with Gasteiger partial charge in [0, 0.05) is 6.42 Å². The van der Waals surface area contributed by atoms with Crippen LogP contribution in [0.5, 0.6) is 0 Å². The highest BCUT2D eigenvalue weighted by atomic mass is 16.5. The Morgan fingerprint density at radius 2 is 1.80 bits per heavy atom. The van der Waals surface area contributed by atoms with Crippen LogP contribution in [-0.2, 0) is 9.53 Å². The smallest absolute Gasteiger partial charge is 0.305 e. The molecule has 0 unspecified atom stereocenters. The largest absolute Gasteiger partial charge is 0.469 e. The average molecular weight is 423 g/mol. The lowest BCUT2D eigenvalue weighted by Gasteiger charge is -2.63. The molecule has 11 atom stereocenters. The SMILES string of the molecule is COC(=O)CC[C@@H](C)[C@H]1CC[C@H]2[C@@H]3[C@H](O)C[C@@H]4C[C@@H](O)CC[C@]4(C)[C@H]3C[C@H](O)[C@]12C. The lowest BCUT2D eigenvalue weighted by Crippen LogP contribution is -2.62. The van der Waals surface area contributed by atoms with Crippen LogP contribution in [0.1, 0.15) is 78.6 Å². The maximum atomic E-state index is 11.7. The molecule has 0 spiro atoms. The molecule has 4 fully saturated rings. The second-order valence-corrected chi connectivity index (χ2v) is 11.6. The standard InChI is InChI=1S/C25H42O5/c1-14(5-8-22(29)30-4)17-6-7-18-23-19(13-21(28)25(17,18)3)24(2)10-9-16(26)11-15(24)12-20(23)27/h14-21,23,26-28H,5-13H2,1-4H3/t14-,15+,16+,17-,18+,19+,20-,21+,23+,24+,25-/m1/s1. The number of methoxy groups -OCH3 is 1. The zero-order valence-electron chi connectivity index (χ0n) is 19.2. The summed E-state index contributed by atoms with van der Waals surface area (Å²) in [5, 5.41) is 33.1. The minimum absolute atomic E-state index is 0.111. The highest BCUT2D eigenvalue weighted by Crippen LogP contribution is 2.68. The van der Waals surface area contributed by atoms with E-state index in [0.29, 0.717) is 36.0 Å². The first-order valence-corrected chi connectivity index (χ1v) is 12.2. The monoisotopic (exact) mass is 422 g/mol. The van der Waals surface area contributed by atoms with E-state index in [0.717, 1.165) is 51.4 Å². The van der Waals surface area contributed by atoms with Crippen molar-refractivity contribution in [3.8, 4) is 0 Å². The van der Waals surface area contributed by atoms with Crippen molar-refractivity contribution in [2.45, 2.75) is 96.9 Å². The van der Waals surface area contributed by atoms with Crippen molar-refractivity contribution in [1.82, 2.24) is 0 Å². The van der Waals surface area contributed by atoms with Gasteiger partial charge in [-0.25, -0.2) is 0 Å². The molecule has 5 nitrogen and oxygen atoms in total. The number of aliphatic hydroxyl groups excluding tert-OH is 3. The van der Waals surface area contributed by atoms with Gasteiger partial charge in [-0.1, -0.05) is 20.8 Å². The van der Waals surface area contributed by atoms with Crippen molar-refractivity contribution in [2.75, 3.05) is 7.11 Å². The van der Waals surface area contributed by atoms with E-state index in [2.05, 4.69) is 20.8 Å². The summed E-state index contributed by atoms with van der Waals surface area (Å²) in [5.41, 5.74) is -0.0882. The molecule has 0 heterocycles. The summed E-state index contributed by atoms with van der Waals surface area (Å²) >= 11 is 0. The number of hydrogen-bond acceptors (Lipinski definition) is 5. The van der Waals surface area contributed by atoms with Crippen LogP contribution >= 0.6 is 0 Å². The third-order valence-electron chi connectivity index (χ3n) is 10.6. The minimum atomic E-state index is -0.369. The summed E-state index contributed by atoms with van der Waals surface area (Å²) in [4.78, 5) is 11.7. The second kappa shape index (κ2) is 8.04. The van der Waals surface area contributed by atoms with Crippen LogP contribution in [0.3, 0.4) is 0 Å². The Labute approximate surface area is 181 Å². The highest BCUT2D eigenvalue weighted by Gasteiger charge is 2.65. The van der Waals surface area contributed by atoms with Crippen molar-refractivity contribution in [3.63, 3.8) is 0 Å². The molecule has 4 saturated carbocycles. The predicted octanol–water partition coefficient (Wildman–Crippen LogP) is 3.54. The van der Waals surface area contributed by atoms with Gasteiger partial charge >= 0.3 is 5.97 Å². The Morgan fingerprint density at radius 3 is 2.50 bits per heavy atom. The van der Waals surface area contributed by atoms with Gasteiger partial charge in [0.1, 0.15) is 0 Å². The zero-order valence-corrected chi connectivity index (χ0v) is 19.2. The molecule has 0 aromatic rings. The van der Waals surface area contributed by atoms with Gasteiger partial charge < -0.3 is 20.1 Å². The molecular formula is C25H42O5. The lowest BCUT2D eigenvalue weighted by molar-refractivity contribution is -0.207. The van der Waals surface area contributed by atoms with Gasteiger partial charge in [-0.3, -0.25) is 4.79 Å². The molecule has 0 saturated heterocycles. The van der Waals surface area contributed by atoms with Gasteiger partial charge in [-0.15, -0.1) is 0 Å². The zero-order chi connectivity index (χ0) is 21.8. The maximum Gasteiger partial charge on any atom is 0.305 e. The van der Waals surface area contributed by atoms with Gasteiger partial charge in [-0.05, 0) is 97.7 Å². The number of rotatable bonds is 4. The predicted molar refractivity (Wildman–Crippen MR) is 114 cm³/mol. The van der Waals surface area contributed by atoms with Crippen LogP contribution in [-0.4, -0.2) is 46.7 Å². The van der Waals surface area contributed by atoms with E-state index >= 15 is 0 Å². The first-order valence-electron chi connectivity index (χ1n) is 12.2. The summed E-state index contributed by atoms with van der Waals surface area (Å²) in [6.45, 7) is 6.85. The number of carbonyl (C=O) groups is 1. The molecule has 4 aliphatic carbocycles. The first kappa shape index (κ1) is 22.5. The molecule has 0 amide bonds. The van der Waals surface area contributed by atoms with E-state index in [9.17, 15) is 20.1 Å². The highest BCUT2D eigenvalue weighted by molar-refractivity contribution is 5.69. The Kier molecular flexibility index (Phi) is 6.04. The van der Waals surface area contributed by atoms with E-state index in [4.69, 9.17) is 4.74 Å². The molecule has 3 N–H and O–H groups in total. The summed E-state index contributed by atoms with van der Waals surface area (Å²) in [6, 6.07) is 0. The first-order chi connectivity index (χ1) is 14.1. The number of esters is 1. The van der Waals surface area contributed by atoms with Crippen LogP contribution in [0.4, 0.5) is 0 Å². The van der Waals surface area contributed by atoms with Crippen molar-refractivity contribution >= 4 is 5.97 Å². The van der Waals surface area contributed by atoms with Gasteiger partial charge in [0.05, 0.1) is 25.4 Å². The Balaban J connectivity index is 1.58. The molecule has 0 aromatic carbocycles. The average Bonchev–Trinajstić information content (AvgIpc) is 3.06. The fraction of sp³-hybridized carbons (Fsp3) is 0.960. The normalized spacial score (nSPS) is 51.4. The van der Waals surface area contributed by atoms with Gasteiger partial charge in [0.25, 0.3) is 0 Å². The van der Waals surface area contributed by atoms with Gasteiger partial charge in [0.15, 0.2) is 0 Å². The molecule has 0 aliphatic heterocycles. The summed E-state index contributed by atoms with van der Waals surface area (Å²) in [6.07, 6.45) is 6.60. The van der Waals surface area contributed by atoms with Crippen LogP contribution in [0.2, 0.25) is 0 Å². The number of ether oxygens (including phenoxy) is 1. The molecule has 4 aliphatic rings. The number of aliphatic hydroxyl groups is 3. The molecule has 0 aromatic heterocycles. The molecular weight excluding hydrogens is 380 g/mol. The topological polar surface area (TPSA) is 87.0 Å². The van der Waals surface area contributed by atoms with E-state index in [1.807, 2.05) is 0 Å². The number of carbonyl (C=O) groups excluding carboxylic acids is 1. The molecule has 172 valence electrons. The summed E-state index contributed by atoms with van der Waals surface area (Å²) in [7, 11) is 1.44. The van der Waals surface area contributed by atoms with Crippen molar-refractivity contribution < 1.29 is 24.9 Å². The number of fused-ring (bicyclic) bond motifs is 5. The Morgan fingerprint density at radius 1 is 1.07 bits per heavy atom. The Bertz CT molecular complexity index is 651. The van der Waals surface area contributed by atoms with E-state index in [1.54, 1.807) is 0 Å². The summed E-state index contributed by atoms with van der Waals surface area (Å²) in [5.74, 6) is 1.81. The quantitative estimate of drug-likeness (QED) is 0.603. The van der Waals surface area contributed by atoms with E-state index in [-0.39, 0.29) is 41.0 Å². The Hall–Kier alpha value is -0.650. The molecule has 4 rings (SSSR count). The van der Waals surface area contributed by atoms with E-state index < -0.39 is 0 Å². The second-order valence-electron chi connectivity index (χ2n) is 11.6. The third kappa shape index (κ3) is 3.34. The van der Waals surface area contributed by atoms with Crippen LogP contribution in [0, 0.1) is 46.3 Å². The van der Waals surface area contributed by atoms with Gasteiger partial charge in [-0.2, -0.15) is 0 Å². The van der Waals surface area contributed by atoms with Crippen LogP contribution in [0.25, 0.3) is 0 Å². The van der Waals surface area contributed by atoms with Crippen LogP contribution in [0.15, 0.2) is 0 Å². The van der Waals surface area contributed by atoms with Crippen molar-refractivity contribution in [3.05, 3.63) is 0 Å². The fourth-order valence-corrected chi connectivity index (χ4v) is 8.78. The third-order valence-corrected chi connectivity index (χ3v) is 10.6. The molecule has 0 bridgehead atoms. The van der Waals surface area contributed by atoms with Crippen LogP contribution < -0.4 is 0 Å². The lowest BCUT2D eigenvalue weighted by atomic mass is 9.43. The molecule has 0 radical (unpaired) electrons. The molecule has 30 heavy (non-hydrogen) atoms. The number of hydrogen-bond donors (Lipinski definition) is 3. The minimum Gasteiger partial charge on any atom is -0.469 e. The van der Waals surface area contributed by atoms with Crippen molar-refractivity contribution in [2.24, 2.45) is 46.3 Å². The maximum absolute atomic E-state index is 11.7. The fourth-order valence-electron chi connectivity index (χ4n) is 8.78. The molecule has 5 heteroatoms. The van der Waals surface area contributed by atoms with E-state index in [1.165, 1.54) is 7.11 Å².